The van der Waals surface area contributed by atoms with Crippen molar-refractivity contribution in [3.8, 4) is 12.3 Å². The van der Waals surface area contributed by atoms with Crippen LogP contribution in [-0.4, -0.2) is 5.78 Å². The van der Waals surface area contributed by atoms with E-state index in [-0.39, 0.29) is 5.78 Å². The molecule has 0 heterocycles. The van der Waals surface area contributed by atoms with Crippen molar-refractivity contribution in [3.63, 3.8) is 0 Å². The molecule has 2 aromatic carbocycles. The third-order valence-electron chi connectivity index (χ3n) is 2.55. The Morgan fingerprint density at radius 2 is 1.53 bits per heavy atom. The molecule has 19 heavy (non-hydrogen) atoms. The highest BCUT2D eigenvalue weighted by atomic mass is 16.1. The van der Waals surface area contributed by atoms with Crippen molar-refractivity contribution in [3.05, 3.63) is 71.8 Å². The van der Waals surface area contributed by atoms with Gasteiger partial charge < -0.3 is 4.79 Å². The molecule has 0 saturated carbocycles. The summed E-state index contributed by atoms with van der Waals surface area (Å²) in [6, 6.07) is 19.7. The first-order valence-corrected chi connectivity index (χ1v) is 6.27. The molecule has 0 unspecified atom stereocenters. The van der Waals surface area contributed by atoms with Crippen molar-refractivity contribution in [1.82, 2.24) is 0 Å². The molecule has 1 nitrogen and oxygen atoms in total. The smallest absolute Gasteiger partial charge is 0.130 e. The maximum absolute atomic E-state index is 10.6. The van der Waals surface area contributed by atoms with Crippen LogP contribution in [0.25, 0.3) is 0 Å². The molecule has 0 atom stereocenters. The van der Waals surface area contributed by atoms with E-state index in [1.807, 2.05) is 60.7 Å². The van der Waals surface area contributed by atoms with Crippen molar-refractivity contribution < 1.29 is 4.79 Å². The Morgan fingerprint density at radius 1 is 1.00 bits per heavy atom. The second-order valence-electron chi connectivity index (χ2n) is 4.20. The molecular weight excluding hydrogens is 232 g/mol. The van der Waals surface area contributed by atoms with Gasteiger partial charge in [-0.25, -0.2) is 0 Å². The van der Waals surface area contributed by atoms with E-state index in [1.54, 1.807) is 6.92 Å². The summed E-state index contributed by atoms with van der Waals surface area (Å²) in [7, 11) is 0. The van der Waals surface area contributed by atoms with Gasteiger partial charge in [-0.15, -0.1) is 6.42 Å². The first-order chi connectivity index (χ1) is 9.22. The molecule has 0 radical (unpaired) electrons. The minimum Gasteiger partial charge on any atom is -0.300 e. The molecule has 0 aromatic heterocycles. The maximum atomic E-state index is 10.6. The van der Waals surface area contributed by atoms with Gasteiger partial charge in [-0.3, -0.25) is 0 Å². The molecule has 0 aliphatic heterocycles. The zero-order valence-electron chi connectivity index (χ0n) is 11.2. The Bertz CT molecular complexity index is 521. The van der Waals surface area contributed by atoms with Gasteiger partial charge in [-0.1, -0.05) is 54.5 Å². The van der Waals surface area contributed by atoms with E-state index in [2.05, 4.69) is 5.92 Å². The van der Waals surface area contributed by atoms with Crippen LogP contribution in [0.5, 0.6) is 0 Å². The number of aryl methyl sites for hydroxylation is 1. The Kier molecular flexibility index (Phi) is 6.76. The van der Waals surface area contributed by atoms with E-state index < -0.39 is 0 Å². The molecule has 0 saturated heterocycles. The zero-order valence-corrected chi connectivity index (χ0v) is 11.2. The van der Waals surface area contributed by atoms with Crippen LogP contribution in [0.3, 0.4) is 0 Å². The molecule has 1 heteroatoms. The molecule has 0 aliphatic rings. The molecule has 0 N–H and O–H groups in total. The van der Waals surface area contributed by atoms with Crippen LogP contribution in [0.2, 0.25) is 0 Å². The van der Waals surface area contributed by atoms with Gasteiger partial charge in [-0.2, -0.15) is 0 Å². The highest BCUT2D eigenvalue weighted by Crippen LogP contribution is 2.01. The van der Waals surface area contributed by atoms with E-state index in [0.29, 0.717) is 6.42 Å². The van der Waals surface area contributed by atoms with Crippen LogP contribution in [0.4, 0.5) is 0 Å². The summed E-state index contributed by atoms with van der Waals surface area (Å²) in [6.45, 7) is 1.63. The van der Waals surface area contributed by atoms with E-state index in [1.165, 1.54) is 5.56 Å². The number of ketones is 1. The number of Topliss-reactive ketones (excluding diaryl/α,β-unsaturated/α-hetero) is 1. The summed E-state index contributed by atoms with van der Waals surface area (Å²) in [5.74, 6) is 2.79. The van der Waals surface area contributed by atoms with E-state index in [9.17, 15) is 4.79 Å². The van der Waals surface area contributed by atoms with Crippen molar-refractivity contribution in [1.29, 1.82) is 0 Å². The topological polar surface area (TPSA) is 17.1 Å². The number of benzene rings is 2. The minimum atomic E-state index is 0.258. The van der Waals surface area contributed by atoms with Crippen LogP contribution >= 0.6 is 0 Å². The summed E-state index contributed by atoms with van der Waals surface area (Å²) < 4.78 is 0. The summed E-state index contributed by atoms with van der Waals surface area (Å²) >= 11 is 0. The highest BCUT2D eigenvalue weighted by molar-refractivity contribution is 5.75. The fraction of sp³-hybridized carbons (Fsp3) is 0.167. The quantitative estimate of drug-likeness (QED) is 0.756. The normalized spacial score (nSPS) is 8.84. The van der Waals surface area contributed by atoms with Gasteiger partial charge >= 0.3 is 0 Å². The van der Waals surface area contributed by atoms with Crippen molar-refractivity contribution >= 4 is 5.78 Å². The fourth-order valence-electron chi connectivity index (χ4n) is 1.50. The SMILES string of the molecule is C#Cc1ccccc1.CC(=O)CCc1ccccc1. The van der Waals surface area contributed by atoms with Gasteiger partial charge in [-0.05, 0) is 31.0 Å². The fourth-order valence-corrected chi connectivity index (χ4v) is 1.50. The van der Waals surface area contributed by atoms with Gasteiger partial charge in [0.05, 0.1) is 0 Å². The second-order valence-corrected chi connectivity index (χ2v) is 4.20. The van der Waals surface area contributed by atoms with Gasteiger partial charge in [0.15, 0.2) is 0 Å². The lowest BCUT2D eigenvalue weighted by atomic mass is 10.1. The van der Waals surface area contributed by atoms with E-state index in [4.69, 9.17) is 6.42 Å². The number of carbonyl (C=O) groups is 1. The lowest BCUT2D eigenvalue weighted by Crippen LogP contribution is -1.92. The first-order valence-electron chi connectivity index (χ1n) is 6.27. The third kappa shape index (κ3) is 6.85. The number of carbonyl (C=O) groups excluding carboxylic acids is 1. The number of hydrogen-bond acceptors (Lipinski definition) is 1. The van der Waals surface area contributed by atoms with E-state index in [0.717, 1.165) is 12.0 Å². The molecule has 0 spiro atoms. The second kappa shape index (κ2) is 8.72. The highest BCUT2D eigenvalue weighted by Gasteiger charge is 1.94. The summed E-state index contributed by atoms with van der Waals surface area (Å²) in [4.78, 5) is 10.6. The molecule has 96 valence electrons. The number of hydrogen-bond donors (Lipinski definition) is 0. The van der Waals surface area contributed by atoms with Crippen LogP contribution in [0.1, 0.15) is 24.5 Å². The molecule has 2 rings (SSSR count). The maximum Gasteiger partial charge on any atom is 0.130 e. The lowest BCUT2D eigenvalue weighted by molar-refractivity contribution is -0.116. The third-order valence-corrected chi connectivity index (χ3v) is 2.55. The van der Waals surface area contributed by atoms with Crippen molar-refractivity contribution in [2.45, 2.75) is 19.8 Å². The Labute approximate surface area is 115 Å². The number of rotatable bonds is 3. The lowest BCUT2D eigenvalue weighted by Gasteiger charge is -1.96. The summed E-state index contributed by atoms with van der Waals surface area (Å²) in [5.41, 5.74) is 2.18. The summed E-state index contributed by atoms with van der Waals surface area (Å²) in [6.07, 6.45) is 6.63. The molecule has 0 fully saturated rings. The largest absolute Gasteiger partial charge is 0.300 e. The minimum absolute atomic E-state index is 0.258. The van der Waals surface area contributed by atoms with Gasteiger partial charge in [0, 0.05) is 12.0 Å². The van der Waals surface area contributed by atoms with Gasteiger partial charge in [0.2, 0.25) is 0 Å². The monoisotopic (exact) mass is 250 g/mol. The average molecular weight is 250 g/mol. The van der Waals surface area contributed by atoms with Crippen molar-refractivity contribution in [2.24, 2.45) is 0 Å². The van der Waals surface area contributed by atoms with Gasteiger partial charge in [0.1, 0.15) is 5.78 Å². The first kappa shape index (κ1) is 14.7. The number of terminal acetylenes is 1. The molecule has 0 bridgehead atoms. The standard InChI is InChI=1S/C10H12O.C8H6/c1-9(11)7-8-10-5-3-2-4-6-10;1-2-8-6-4-3-5-7-8/h2-6H,7-8H2,1H3;1,3-7H. The Morgan fingerprint density at radius 3 is 1.95 bits per heavy atom. The van der Waals surface area contributed by atoms with E-state index >= 15 is 0 Å². The summed E-state index contributed by atoms with van der Waals surface area (Å²) in [5, 5.41) is 0. The van der Waals surface area contributed by atoms with Crippen LogP contribution in [0.15, 0.2) is 60.7 Å². The Hall–Kier alpha value is -2.33. The van der Waals surface area contributed by atoms with Crippen molar-refractivity contribution in [2.75, 3.05) is 0 Å². The molecule has 0 amide bonds. The predicted octanol–water partition coefficient (Wildman–Crippen LogP) is 3.88. The predicted molar refractivity (Wildman–Crippen MR) is 79.8 cm³/mol. The van der Waals surface area contributed by atoms with Crippen LogP contribution in [-0.2, 0) is 11.2 Å². The zero-order chi connectivity index (χ0) is 13.9. The Balaban J connectivity index is 0.000000200. The van der Waals surface area contributed by atoms with Gasteiger partial charge in [0.25, 0.3) is 0 Å². The van der Waals surface area contributed by atoms with Crippen LogP contribution in [0, 0.1) is 12.3 Å². The molecule has 0 aliphatic carbocycles. The molecular formula is C18H18O. The average Bonchev–Trinajstić information content (AvgIpc) is 2.48. The van der Waals surface area contributed by atoms with Crippen LogP contribution < -0.4 is 0 Å². The molecule has 2 aromatic rings.